The number of oxime groups is 1. The Bertz CT molecular complexity index is 1610. The average molecular weight is 784 g/mol. The van der Waals surface area contributed by atoms with Crippen LogP contribution in [0.4, 0.5) is 0 Å². The van der Waals surface area contributed by atoms with Crippen LogP contribution >= 0.6 is 11.6 Å². The molecule has 6 rings (SSSR count). The highest BCUT2D eigenvalue weighted by molar-refractivity contribution is 6.38. The number of rotatable bonds is 14. The minimum absolute atomic E-state index is 0.0367. The number of likely N-dealkylation sites (tertiary alicyclic amines) is 2. The Kier molecular flexibility index (Phi) is 13.2. The van der Waals surface area contributed by atoms with Crippen LogP contribution in [0.2, 0.25) is 5.02 Å². The molecule has 14 heteroatoms. The smallest absolute Gasteiger partial charge is 0.292 e. The molecule has 55 heavy (non-hydrogen) atoms. The number of ether oxygens (including phenoxy) is 2. The lowest BCUT2D eigenvalue weighted by Gasteiger charge is -2.39. The first kappa shape index (κ1) is 41.1. The van der Waals surface area contributed by atoms with Crippen molar-refractivity contribution < 1.29 is 38.3 Å². The van der Waals surface area contributed by atoms with Gasteiger partial charge in [0.15, 0.2) is 5.60 Å². The molecule has 4 amide bonds. The van der Waals surface area contributed by atoms with E-state index in [1.54, 1.807) is 12.1 Å². The molecule has 3 saturated heterocycles. The summed E-state index contributed by atoms with van der Waals surface area (Å²) in [5, 5.41) is 10.8. The highest BCUT2D eigenvalue weighted by Gasteiger charge is 2.56. The maximum absolute atomic E-state index is 14.7. The predicted octanol–water partition coefficient (Wildman–Crippen LogP) is 4.57. The van der Waals surface area contributed by atoms with E-state index in [0.717, 1.165) is 50.7 Å². The maximum Gasteiger partial charge on any atom is 0.292 e. The third-order valence-electron chi connectivity index (χ3n) is 11.7. The Balaban J connectivity index is 1.17. The number of carbonyl (C=O) groups excluding carboxylic acids is 5. The van der Waals surface area contributed by atoms with Crippen molar-refractivity contribution in [2.45, 2.75) is 141 Å². The molecule has 5 atom stereocenters. The number of carbonyl (C=O) groups is 5. The zero-order valence-electron chi connectivity index (χ0n) is 32.8. The van der Waals surface area contributed by atoms with Crippen LogP contribution in [0.25, 0.3) is 0 Å². The van der Waals surface area contributed by atoms with E-state index < -0.39 is 52.6 Å². The molecular weight excluding hydrogens is 726 g/mol. The Morgan fingerprint density at radius 3 is 2.49 bits per heavy atom. The number of halogens is 1. The molecule has 2 N–H and O–H groups in total. The van der Waals surface area contributed by atoms with Gasteiger partial charge in [-0.05, 0) is 55.6 Å². The molecule has 4 heterocycles. The van der Waals surface area contributed by atoms with Gasteiger partial charge in [0.05, 0.1) is 37.1 Å². The number of amides is 4. The van der Waals surface area contributed by atoms with Crippen molar-refractivity contribution in [2.24, 2.45) is 16.5 Å². The van der Waals surface area contributed by atoms with E-state index in [2.05, 4.69) is 15.8 Å². The summed E-state index contributed by atoms with van der Waals surface area (Å²) in [7, 11) is 0. The molecule has 1 aromatic rings. The van der Waals surface area contributed by atoms with Crippen molar-refractivity contribution in [3.05, 3.63) is 34.9 Å². The zero-order valence-corrected chi connectivity index (χ0v) is 33.5. The van der Waals surface area contributed by atoms with Crippen LogP contribution in [0.5, 0.6) is 0 Å². The van der Waals surface area contributed by atoms with Crippen LogP contribution in [0.3, 0.4) is 0 Å². The molecule has 0 radical (unpaired) electrons. The molecule has 4 aliphatic heterocycles. The van der Waals surface area contributed by atoms with Crippen LogP contribution in [0, 0.1) is 11.3 Å². The Hall–Kier alpha value is -3.55. The molecule has 1 aliphatic carbocycles. The number of hydrogen-bond donors (Lipinski definition) is 2. The summed E-state index contributed by atoms with van der Waals surface area (Å²) >= 11 is 6.28. The number of hydrogen-bond acceptors (Lipinski definition) is 9. The third kappa shape index (κ3) is 10.1. The summed E-state index contributed by atoms with van der Waals surface area (Å²) in [4.78, 5) is 78.6. The summed E-state index contributed by atoms with van der Waals surface area (Å²) in [6.45, 7) is 9.36. The maximum atomic E-state index is 14.7. The highest BCUT2D eigenvalue weighted by Crippen LogP contribution is 2.40. The predicted molar refractivity (Wildman–Crippen MR) is 206 cm³/mol. The zero-order chi connectivity index (χ0) is 39.3. The van der Waals surface area contributed by atoms with Crippen LogP contribution in [0.15, 0.2) is 29.4 Å². The summed E-state index contributed by atoms with van der Waals surface area (Å²) in [6.07, 6.45) is 8.76. The topological polar surface area (TPSA) is 156 Å². The van der Waals surface area contributed by atoms with Gasteiger partial charge in [0, 0.05) is 49.5 Å². The van der Waals surface area contributed by atoms with Crippen molar-refractivity contribution in [2.75, 3.05) is 32.8 Å². The lowest BCUT2D eigenvalue weighted by molar-refractivity contribution is -0.157. The standard InChI is InChI=1S/C41H58ClN5O8/c1-5-11-31(35(49)38(51)46-22-30(23-46)54-24-29-16-10-17-53-29)43-37(50)33-21-41(20-32(45-55-41)27-14-9-15-28(42)19-27)25-47(33)39(52)36(40(2,3)4)44-34(48)18-26-12-7-6-8-13-26/h9,14-15,19,26,29-31,33,36H,5-8,10-13,16-18,20-25H2,1-4H3,(H,43,50)(H,44,48)/t29-,31+,33+,36-,41-/m1/s1. The normalized spacial score (nSPS) is 25.6. The largest absolute Gasteiger partial charge is 0.387 e. The van der Waals surface area contributed by atoms with Crippen molar-refractivity contribution in [3.8, 4) is 0 Å². The van der Waals surface area contributed by atoms with Crippen LogP contribution < -0.4 is 10.6 Å². The van der Waals surface area contributed by atoms with Gasteiger partial charge in [0.1, 0.15) is 12.1 Å². The van der Waals surface area contributed by atoms with Crippen LogP contribution in [0.1, 0.15) is 110 Å². The van der Waals surface area contributed by atoms with Gasteiger partial charge < -0.3 is 34.7 Å². The molecular formula is C41H58ClN5O8. The second-order valence-electron chi connectivity index (χ2n) is 17.3. The van der Waals surface area contributed by atoms with Gasteiger partial charge in [-0.2, -0.15) is 0 Å². The molecule has 0 bridgehead atoms. The minimum Gasteiger partial charge on any atom is -0.387 e. The summed E-state index contributed by atoms with van der Waals surface area (Å²) in [5.41, 5.74) is -0.303. The summed E-state index contributed by atoms with van der Waals surface area (Å²) in [5.74, 6) is -2.25. The Morgan fingerprint density at radius 1 is 1.05 bits per heavy atom. The van der Waals surface area contributed by atoms with E-state index >= 15 is 0 Å². The molecule has 5 aliphatic rings. The monoisotopic (exact) mass is 783 g/mol. The molecule has 0 aromatic heterocycles. The molecule has 4 fully saturated rings. The first-order valence-electron chi connectivity index (χ1n) is 20.2. The average Bonchev–Trinajstić information content (AvgIpc) is 3.90. The second-order valence-corrected chi connectivity index (χ2v) is 17.7. The molecule has 1 aromatic carbocycles. The first-order chi connectivity index (χ1) is 26.2. The number of benzene rings is 1. The van der Waals surface area contributed by atoms with Gasteiger partial charge in [-0.25, -0.2) is 0 Å². The van der Waals surface area contributed by atoms with Gasteiger partial charge in [0.25, 0.3) is 5.91 Å². The fraction of sp³-hybridized carbons (Fsp3) is 0.707. The fourth-order valence-corrected chi connectivity index (χ4v) is 8.69. The molecule has 1 saturated carbocycles. The SMILES string of the molecule is CCC[C@H](NC(=O)[C@@H]1C[C@]2(CC(c3cccc(Cl)c3)=NO2)CN1C(=O)[C@@H](NC(=O)CC1CCCCC1)C(C)(C)C)C(=O)C(=O)N1CC(OC[C@H]2CCCO2)C1. The second kappa shape index (κ2) is 17.7. The van der Waals surface area contributed by atoms with Crippen LogP contribution in [-0.2, 0) is 38.3 Å². The van der Waals surface area contributed by atoms with Crippen molar-refractivity contribution in [1.29, 1.82) is 0 Å². The fourth-order valence-electron chi connectivity index (χ4n) is 8.50. The highest BCUT2D eigenvalue weighted by atomic mass is 35.5. The molecule has 1 spiro atoms. The Labute approximate surface area is 329 Å². The van der Waals surface area contributed by atoms with Gasteiger partial charge >= 0.3 is 0 Å². The number of nitrogens with zero attached hydrogens (tertiary/aromatic N) is 3. The third-order valence-corrected chi connectivity index (χ3v) is 11.9. The minimum atomic E-state index is -1.08. The van der Waals surface area contributed by atoms with E-state index in [1.807, 2.05) is 39.8 Å². The first-order valence-corrected chi connectivity index (χ1v) is 20.6. The van der Waals surface area contributed by atoms with E-state index in [0.29, 0.717) is 49.7 Å². The number of nitrogens with one attached hydrogen (secondary N) is 2. The van der Waals surface area contributed by atoms with Crippen molar-refractivity contribution in [3.63, 3.8) is 0 Å². The van der Waals surface area contributed by atoms with Crippen molar-refractivity contribution in [1.82, 2.24) is 20.4 Å². The van der Waals surface area contributed by atoms with Gasteiger partial charge in [0.2, 0.25) is 23.5 Å². The molecule has 0 unspecified atom stereocenters. The van der Waals surface area contributed by atoms with Crippen LogP contribution in [-0.4, -0.2) is 114 Å². The van der Waals surface area contributed by atoms with Gasteiger partial charge in [-0.3, -0.25) is 24.0 Å². The number of Topliss-reactive ketones (excluding diaryl/α,β-unsaturated/α-hetero) is 1. The summed E-state index contributed by atoms with van der Waals surface area (Å²) in [6, 6.07) is 4.19. The molecule has 302 valence electrons. The van der Waals surface area contributed by atoms with E-state index in [4.69, 9.17) is 25.9 Å². The Morgan fingerprint density at radius 2 is 1.82 bits per heavy atom. The van der Waals surface area contributed by atoms with Gasteiger partial charge in [-0.1, -0.05) is 82.3 Å². The summed E-state index contributed by atoms with van der Waals surface area (Å²) < 4.78 is 11.5. The van der Waals surface area contributed by atoms with Crippen molar-refractivity contribution >= 4 is 46.7 Å². The lowest BCUT2D eigenvalue weighted by Crippen LogP contribution is -2.61. The van der Waals surface area contributed by atoms with E-state index in [-0.39, 0.29) is 43.4 Å². The van der Waals surface area contributed by atoms with Gasteiger partial charge in [-0.15, -0.1) is 0 Å². The van der Waals surface area contributed by atoms with E-state index in [1.165, 1.54) is 16.2 Å². The molecule has 13 nitrogen and oxygen atoms in total. The quantitative estimate of drug-likeness (QED) is 0.260. The van der Waals surface area contributed by atoms with E-state index in [9.17, 15) is 24.0 Å². The lowest BCUT2D eigenvalue weighted by atomic mass is 9.84. The number of ketones is 1.